The number of benzene rings is 1. The van der Waals surface area contributed by atoms with Crippen molar-refractivity contribution in [1.29, 1.82) is 0 Å². The van der Waals surface area contributed by atoms with E-state index in [0.29, 0.717) is 45.1 Å². The molecule has 33 heavy (non-hydrogen) atoms. The Morgan fingerprint density at radius 2 is 2.06 bits per heavy atom. The van der Waals surface area contributed by atoms with Crippen molar-refractivity contribution in [2.45, 2.75) is 31.0 Å². The Morgan fingerprint density at radius 3 is 2.88 bits per heavy atom. The normalized spacial score (nSPS) is 20.0. The van der Waals surface area contributed by atoms with E-state index in [4.69, 9.17) is 10.5 Å². The number of fused-ring (bicyclic) bond motifs is 3. The van der Waals surface area contributed by atoms with Crippen LogP contribution in [0.5, 0.6) is 0 Å². The highest BCUT2D eigenvalue weighted by Gasteiger charge is 2.39. The average Bonchev–Trinajstić information content (AvgIpc) is 3.61. The number of carbonyl (C=O) groups excluding carboxylic acids is 1. The lowest BCUT2D eigenvalue weighted by Gasteiger charge is -2.33. The van der Waals surface area contributed by atoms with Gasteiger partial charge in [0.1, 0.15) is 23.6 Å². The molecular formula is C22H20N6O4S. The number of nitrogens with one attached hydrogen (secondary N) is 1. The summed E-state index contributed by atoms with van der Waals surface area (Å²) in [7, 11) is 0. The molecule has 0 spiro atoms. The number of aliphatic hydroxyl groups excluding tert-OH is 1. The summed E-state index contributed by atoms with van der Waals surface area (Å²) in [5, 5.41) is 12.0. The summed E-state index contributed by atoms with van der Waals surface area (Å²) < 4.78 is 10.3. The van der Waals surface area contributed by atoms with Crippen LogP contribution in [0.2, 0.25) is 0 Å². The third kappa shape index (κ3) is 3.36. The maximum atomic E-state index is 13.2. The van der Waals surface area contributed by atoms with E-state index in [1.807, 2.05) is 12.1 Å². The maximum absolute atomic E-state index is 13.2. The molecule has 2 atom stereocenters. The Balaban J connectivity index is 1.33. The Labute approximate surface area is 191 Å². The molecule has 2 aliphatic rings. The lowest BCUT2D eigenvalue weighted by Crippen LogP contribution is -2.51. The molecule has 1 aliphatic heterocycles. The zero-order valence-corrected chi connectivity index (χ0v) is 18.2. The third-order valence-corrected chi connectivity index (χ3v) is 6.97. The van der Waals surface area contributed by atoms with Crippen LogP contribution in [-0.2, 0) is 9.53 Å². The number of hydrogen-bond acceptors (Lipinski definition) is 9. The molecule has 4 heterocycles. The Kier molecular flexibility index (Phi) is 4.64. The summed E-state index contributed by atoms with van der Waals surface area (Å²) in [6, 6.07) is 9.02. The predicted octanol–water partition coefficient (Wildman–Crippen LogP) is 1.85. The number of amides is 1. The number of morpholine rings is 1. The van der Waals surface area contributed by atoms with Gasteiger partial charge in [-0.3, -0.25) is 14.5 Å². The van der Waals surface area contributed by atoms with Crippen molar-refractivity contribution in [3.05, 3.63) is 52.2 Å². The van der Waals surface area contributed by atoms with Gasteiger partial charge < -0.3 is 20.6 Å². The van der Waals surface area contributed by atoms with Gasteiger partial charge in [0.2, 0.25) is 0 Å². The topological polar surface area (TPSA) is 147 Å². The van der Waals surface area contributed by atoms with E-state index in [1.165, 1.54) is 4.90 Å². The Morgan fingerprint density at radius 1 is 1.21 bits per heavy atom. The number of ether oxygens (including phenoxy) is 1. The van der Waals surface area contributed by atoms with Crippen LogP contribution in [-0.4, -0.2) is 49.6 Å². The number of anilines is 2. The van der Waals surface area contributed by atoms with Gasteiger partial charge in [0.15, 0.2) is 6.10 Å². The number of nitrogens with zero attached hydrogens (tertiary/aromatic N) is 4. The molecule has 1 saturated heterocycles. The van der Waals surface area contributed by atoms with Crippen molar-refractivity contribution in [2.24, 2.45) is 0 Å². The standard InChI is InChI=1S/C22H20N6O4S/c23-19-11-6-7-13-15(18(11)33-27-19)21(30)26-20(25-13)16(29)17-22(31)28(8-9-32-17)14-3-1-2-12(24-14)10-4-5-10/h1-3,6-7,10,16-17,29H,4-5,8-9H2,(H2,23,27)(H,25,26,30). The van der Waals surface area contributed by atoms with E-state index in [9.17, 15) is 14.7 Å². The van der Waals surface area contributed by atoms with Crippen LogP contribution in [0.4, 0.5) is 11.6 Å². The maximum Gasteiger partial charge on any atom is 0.260 e. The van der Waals surface area contributed by atoms with Gasteiger partial charge in [-0.15, -0.1) is 0 Å². The van der Waals surface area contributed by atoms with Gasteiger partial charge in [0.25, 0.3) is 11.5 Å². The fourth-order valence-electron chi connectivity index (χ4n) is 4.20. The molecule has 0 radical (unpaired) electrons. The Hall–Kier alpha value is -3.41. The molecule has 2 unspecified atom stereocenters. The van der Waals surface area contributed by atoms with Gasteiger partial charge in [-0.25, -0.2) is 9.97 Å². The van der Waals surface area contributed by atoms with E-state index in [1.54, 1.807) is 18.2 Å². The molecule has 1 saturated carbocycles. The molecule has 11 heteroatoms. The van der Waals surface area contributed by atoms with Gasteiger partial charge >= 0.3 is 0 Å². The van der Waals surface area contributed by atoms with Crippen LogP contribution in [0.15, 0.2) is 35.1 Å². The molecule has 4 aromatic rings. The van der Waals surface area contributed by atoms with Gasteiger partial charge in [0.05, 0.1) is 28.8 Å². The molecule has 2 fully saturated rings. The van der Waals surface area contributed by atoms with Crippen LogP contribution < -0.4 is 16.2 Å². The van der Waals surface area contributed by atoms with Crippen LogP contribution >= 0.6 is 11.5 Å². The summed E-state index contributed by atoms with van der Waals surface area (Å²) in [5.74, 6) is 0.873. The number of nitrogen functional groups attached to an aromatic ring is 1. The largest absolute Gasteiger partial charge is 0.382 e. The van der Waals surface area contributed by atoms with Gasteiger partial charge in [-0.05, 0) is 48.6 Å². The summed E-state index contributed by atoms with van der Waals surface area (Å²) in [6.07, 6.45) is -0.452. The minimum Gasteiger partial charge on any atom is -0.382 e. The van der Waals surface area contributed by atoms with Gasteiger partial charge in [-0.1, -0.05) is 6.07 Å². The van der Waals surface area contributed by atoms with E-state index >= 15 is 0 Å². The zero-order chi connectivity index (χ0) is 22.7. The first-order valence-corrected chi connectivity index (χ1v) is 11.4. The molecule has 3 aromatic heterocycles. The molecule has 1 amide bonds. The van der Waals surface area contributed by atoms with Gasteiger partial charge in [0, 0.05) is 17.0 Å². The van der Waals surface area contributed by atoms with Crippen molar-refractivity contribution in [3.63, 3.8) is 0 Å². The number of carbonyl (C=O) groups is 1. The van der Waals surface area contributed by atoms with Crippen LogP contribution in [0.25, 0.3) is 21.0 Å². The molecular weight excluding hydrogens is 444 g/mol. The van der Waals surface area contributed by atoms with E-state index in [-0.39, 0.29) is 12.4 Å². The molecule has 168 valence electrons. The van der Waals surface area contributed by atoms with Crippen LogP contribution in [0, 0.1) is 0 Å². The zero-order valence-electron chi connectivity index (χ0n) is 17.4. The lowest BCUT2D eigenvalue weighted by molar-refractivity contribution is -0.143. The van der Waals surface area contributed by atoms with Crippen LogP contribution in [0.1, 0.15) is 36.4 Å². The number of aliphatic hydroxyl groups is 1. The highest BCUT2D eigenvalue weighted by Crippen LogP contribution is 2.39. The second-order valence-corrected chi connectivity index (χ2v) is 9.05. The summed E-state index contributed by atoms with van der Waals surface area (Å²) in [6.45, 7) is 0.553. The number of aromatic nitrogens is 4. The molecule has 1 aromatic carbocycles. The number of H-pyrrole nitrogens is 1. The van der Waals surface area contributed by atoms with Crippen molar-refractivity contribution >= 4 is 50.1 Å². The fourth-order valence-corrected chi connectivity index (χ4v) is 5.05. The average molecular weight is 465 g/mol. The third-order valence-electron chi connectivity index (χ3n) is 6.07. The first kappa shape index (κ1) is 20.2. The van der Waals surface area contributed by atoms with Crippen molar-refractivity contribution < 1.29 is 14.6 Å². The lowest BCUT2D eigenvalue weighted by atomic mass is 10.1. The van der Waals surface area contributed by atoms with E-state index in [0.717, 1.165) is 30.1 Å². The summed E-state index contributed by atoms with van der Waals surface area (Å²) >= 11 is 1.12. The number of hydrogen-bond donors (Lipinski definition) is 3. The molecule has 0 bridgehead atoms. The number of nitrogens with two attached hydrogens (primary N) is 1. The van der Waals surface area contributed by atoms with Crippen molar-refractivity contribution in [3.8, 4) is 0 Å². The predicted molar refractivity (Wildman–Crippen MR) is 123 cm³/mol. The highest BCUT2D eigenvalue weighted by molar-refractivity contribution is 7.14. The van der Waals surface area contributed by atoms with Gasteiger partial charge in [-0.2, -0.15) is 4.37 Å². The van der Waals surface area contributed by atoms with Crippen molar-refractivity contribution in [1.82, 2.24) is 19.3 Å². The summed E-state index contributed by atoms with van der Waals surface area (Å²) in [4.78, 5) is 39.3. The minimum absolute atomic E-state index is 0.0378. The molecule has 4 N–H and O–H groups in total. The highest BCUT2D eigenvalue weighted by atomic mass is 32.1. The molecule has 10 nitrogen and oxygen atoms in total. The second-order valence-electron chi connectivity index (χ2n) is 8.28. The number of aromatic amines is 1. The van der Waals surface area contributed by atoms with E-state index in [2.05, 4.69) is 19.3 Å². The van der Waals surface area contributed by atoms with Crippen molar-refractivity contribution in [2.75, 3.05) is 23.8 Å². The molecule has 1 aliphatic carbocycles. The fraction of sp³-hybridized carbons (Fsp3) is 0.318. The Bertz CT molecular complexity index is 1460. The number of rotatable bonds is 4. The minimum atomic E-state index is -1.45. The quantitative estimate of drug-likeness (QED) is 0.415. The molecule has 6 rings (SSSR count). The monoisotopic (exact) mass is 464 g/mol. The summed E-state index contributed by atoms with van der Waals surface area (Å²) in [5.41, 5.74) is 6.77. The second kappa shape index (κ2) is 7.58. The van der Waals surface area contributed by atoms with E-state index < -0.39 is 23.7 Å². The first-order valence-electron chi connectivity index (χ1n) is 10.7. The van der Waals surface area contributed by atoms with Crippen LogP contribution in [0.3, 0.4) is 0 Å². The first-order chi connectivity index (χ1) is 16.0. The number of pyridine rings is 1. The smallest absolute Gasteiger partial charge is 0.260 e. The SMILES string of the molecule is Nc1nsc2c1ccc1nc(C(O)C3OCCN(c4cccc(C5CC5)n4)C3=O)[nH]c(=O)c12.